The molecule has 0 bridgehead atoms. The molecule has 25 heavy (non-hydrogen) atoms. The molecule has 0 heterocycles. The first-order valence-electron chi connectivity index (χ1n) is 8.35. The van der Waals surface area contributed by atoms with Crippen LogP contribution in [0.4, 0.5) is 5.69 Å². The second-order valence-electron chi connectivity index (χ2n) is 5.61. The van der Waals surface area contributed by atoms with E-state index in [1.54, 1.807) is 31.2 Å². The van der Waals surface area contributed by atoms with Crippen LogP contribution in [0.3, 0.4) is 0 Å². The van der Waals surface area contributed by atoms with Crippen molar-refractivity contribution in [2.75, 3.05) is 18.5 Å². The zero-order valence-corrected chi connectivity index (χ0v) is 14.6. The van der Waals surface area contributed by atoms with Crippen LogP contribution in [-0.2, 0) is 9.53 Å². The van der Waals surface area contributed by atoms with E-state index in [-0.39, 0.29) is 5.91 Å². The average molecular weight is 341 g/mol. The largest absolute Gasteiger partial charge is 0.494 e. The highest BCUT2D eigenvalue weighted by Crippen LogP contribution is 2.14. The molecule has 0 fully saturated rings. The first-order chi connectivity index (χ1) is 12.1. The molecule has 0 radical (unpaired) electrons. The average Bonchev–Trinajstić information content (AvgIpc) is 2.61. The Hall–Kier alpha value is -2.82. The Kier molecular flexibility index (Phi) is 7.01. The van der Waals surface area contributed by atoms with Crippen LogP contribution in [-0.4, -0.2) is 25.1 Å². The minimum atomic E-state index is -0.398. The van der Waals surface area contributed by atoms with Crippen molar-refractivity contribution in [2.24, 2.45) is 0 Å². The SMILES string of the molecule is CCOC(=O)c1cccc(NC(=O)CCCOc2ccc(C)cc2)c1. The van der Waals surface area contributed by atoms with E-state index in [9.17, 15) is 9.59 Å². The number of nitrogens with one attached hydrogen (secondary N) is 1. The Morgan fingerprint density at radius 3 is 2.56 bits per heavy atom. The number of hydrogen-bond donors (Lipinski definition) is 1. The topological polar surface area (TPSA) is 64.6 Å². The summed E-state index contributed by atoms with van der Waals surface area (Å²) in [6, 6.07) is 14.5. The minimum Gasteiger partial charge on any atom is -0.494 e. The number of aryl methyl sites for hydroxylation is 1. The number of benzene rings is 2. The van der Waals surface area contributed by atoms with E-state index >= 15 is 0 Å². The summed E-state index contributed by atoms with van der Waals surface area (Å²) in [4.78, 5) is 23.7. The Morgan fingerprint density at radius 2 is 1.84 bits per heavy atom. The molecule has 132 valence electrons. The van der Waals surface area contributed by atoms with Crippen molar-refractivity contribution in [3.63, 3.8) is 0 Å². The van der Waals surface area contributed by atoms with Gasteiger partial charge in [-0.15, -0.1) is 0 Å². The fraction of sp³-hybridized carbons (Fsp3) is 0.300. The highest BCUT2D eigenvalue weighted by molar-refractivity contribution is 5.94. The molecule has 0 atom stereocenters. The van der Waals surface area contributed by atoms with Crippen molar-refractivity contribution in [3.05, 3.63) is 59.7 Å². The lowest BCUT2D eigenvalue weighted by atomic mass is 10.2. The molecule has 0 saturated heterocycles. The molecular formula is C20H23NO4. The summed E-state index contributed by atoms with van der Waals surface area (Å²) in [5.41, 5.74) is 2.18. The normalized spacial score (nSPS) is 10.2. The molecule has 5 nitrogen and oxygen atoms in total. The van der Waals surface area contributed by atoms with Crippen LogP contribution in [0.1, 0.15) is 35.7 Å². The molecule has 1 amide bonds. The zero-order chi connectivity index (χ0) is 18.1. The highest BCUT2D eigenvalue weighted by Gasteiger charge is 2.08. The van der Waals surface area contributed by atoms with Gasteiger partial charge in [0.1, 0.15) is 5.75 Å². The van der Waals surface area contributed by atoms with Crippen molar-refractivity contribution < 1.29 is 19.1 Å². The van der Waals surface area contributed by atoms with Gasteiger partial charge in [-0.05, 0) is 50.6 Å². The number of carbonyl (C=O) groups is 2. The maximum absolute atomic E-state index is 12.0. The van der Waals surface area contributed by atoms with Crippen LogP contribution in [0, 0.1) is 6.92 Å². The molecule has 0 aromatic heterocycles. The van der Waals surface area contributed by atoms with Gasteiger partial charge in [-0.2, -0.15) is 0 Å². The molecule has 0 aliphatic heterocycles. The quantitative estimate of drug-likeness (QED) is 0.583. The molecular weight excluding hydrogens is 318 g/mol. The number of amides is 1. The number of rotatable bonds is 8. The predicted molar refractivity (Wildman–Crippen MR) is 96.9 cm³/mol. The van der Waals surface area contributed by atoms with Gasteiger partial charge in [0.15, 0.2) is 0 Å². The minimum absolute atomic E-state index is 0.117. The van der Waals surface area contributed by atoms with Crippen molar-refractivity contribution in [1.82, 2.24) is 0 Å². The van der Waals surface area contributed by atoms with Gasteiger partial charge < -0.3 is 14.8 Å². The molecule has 0 unspecified atom stereocenters. The molecule has 2 aromatic carbocycles. The first kappa shape index (κ1) is 18.5. The van der Waals surface area contributed by atoms with Crippen molar-refractivity contribution in [2.45, 2.75) is 26.7 Å². The van der Waals surface area contributed by atoms with Gasteiger partial charge in [-0.3, -0.25) is 4.79 Å². The van der Waals surface area contributed by atoms with E-state index in [0.29, 0.717) is 37.3 Å². The van der Waals surface area contributed by atoms with Gasteiger partial charge in [0, 0.05) is 12.1 Å². The maximum Gasteiger partial charge on any atom is 0.338 e. The van der Waals surface area contributed by atoms with E-state index in [2.05, 4.69) is 5.32 Å². The van der Waals surface area contributed by atoms with Crippen LogP contribution in [0.2, 0.25) is 0 Å². The monoisotopic (exact) mass is 341 g/mol. The van der Waals surface area contributed by atoms with Gasteiger partial charge in [-0.25, -0.2) is 4.79 Å². The smallest absolute Gasteiger partial charge is 0.338 e. The first-order valence-corrected chi connectivity index (χ1v) is 8.35. The molecule has 5 heteroatoms. The van der Waals surface area contributed by atoms with E-state index in [4.69, 9.17) is 9.47 Å². The van der Waals surface area contributed by atoms with E-state index in [1.165, 1.54) is 5.56 Å². The standard InChI is InChI=1S/C20H23NO4/c1-3-24-20(23)16-6-4-7-17(14-16)21-19(22)8-5-13-25-18-11-9-15(2)10-12-18/h4,6-7,9-12,14H,3,5,8,13H2,1-2H3,(H,21,22). The molecule has 0 aliphatic rings. The van der Waals surface area contributed by atoms with Crippen LogP contribution in [0.5, 0.6) is 5.75 Å². The number of ether oxygens (including phenoxy) is 2. The third kappa shape index (κ3) is 6.30. The fourth-order valence-corrected chi connectivity index (χ4v) is 2.22. The molecule has 0 spiro atoms. The Balaban J connectivity index is 1.75. The number of esters is 1. The summed E-state index contributed by atoms with van der Waals surface area (Å²) in [5.74, 6) is 0.284. The van der Waals surface area contributed by atoms with Crippen LogP contribution < -0.4 is 10.1 Å². The zero-order valence-electron chi connectivity index (χ0n) is 14.6. The van der Waals surface area contributed by atoms with Crippen LogP contribution in [0.15, 0.2) is 48.5 Å². The summed E-state index contributed by atoms with van der Waals surface area (Å²) in [6.07, 6.45) is 0.951. The third-order valence-corrected chi connectivity index (χ3v) is 3.50. The highest BCUT2D eigenvalue weighted by atomic mass is 16.5. The lowest BCUT2D eigenvalue weighted by Crippen LogP contribution is -2.13. The van der Waals surface area contributed by atoms with E-state index in [1.807, 2.05) is 31.2 Å². The summed E-state index contributed by atoms with van der Waals surface area (Å²) in [5, 5.41) is 2.78. The number of carbonyl (C=O) groups excluding carboxylic acids is 2. The second-order valence-corrected chi connectivity index (χ2v) is 5.61. The van der Waals surface area contributed by atoms with Crippen LogP contribution in [0.25, 0.3) is 0 Å². The fourth-order valence-electron chi connectivity index (χ4n) is 2.22. The molecule has 0 saturated carbocycles. The van der Waals surface area contributed by atoms with Gasteiger partial charge in [0.05, 0.1) is 18.8 Å². The lowest BCUT2D eigenvalue weighted by molar-refractivity contribution is -0.116. The summed E-state index contributed by atoms with van der Waals surface area (Å²) in [6.45, 7) is 4.56. The Bertz CT molecular complexity index is 710. The van der Waals surface area contributed by atoms with Gasteiger partial charge >= 0.3 is 5.97 Å². The predicted octanol–water partition coefficient (Wildman–Crippen LogP) is 3.97. The van der Waals surface area contributed by atoms with Crippen molar-refractivity contribution >= 4 is 17.6 Å². The Morgan fingerprint density at radius 1 is 1.08 bits per heavy atom. The van der Waals surface area contributed by atoms with Crippen molar-refractivity contribution in [3.8, 4) is 5.75 Å². The second kappa shape index (κ2) is 9.47. The summed E-state index contributed by atoms with van der Waals surface area (Å²) < 4.78 is 10.5. The molecule has 2 rings (SSSR count). The lowest BCUT2D eigenvalue weighted by Gasteiger charge is -2.08. The molecule has 0 aliphatic carbocycles. The van der Waals surface area contributed by atoms with Gasteiger partial charge in [-0.1, -0.05) is 23.8 Å². The molecule has 1 N–H and O–H groups in total. The number of hydrogen-bond acceptors (Lipinski definition) is 4. The van der Waals surface area contributed by atoms with Gasteiger partial charge in [0.25, 0.3) is 0 Å². The maximum atomic E-state index is 12.0. The van der Waals surface area contributed by atoms with Gasteiger partial charge in [0.2, 0.25) is 5.91 Å². The van der Waals surface area contributed by atoms with Crippen molar-refractivity contribution in [1.29, 1.82) is 0 Å². The summed E-state index contributed by atoms with van der Waals surface area (Å²) >= 11 is 0. The molecule has 2 aromatic rings. The third-order valence-electron chi connectivity index (χ3n) is 3.50. The number of anilines is 1. The van der Waals surface area contributed by atoms with Crippen LogP contribution >= 0.6 is 0 Å². The van der Waals surface area contributed by atoms with E-state index < -0.39 is 5.97 Å². The summed E-state index contributed by atoms with van der Waals surface area (Å²) in [7, 11) is 0. The Labute approximate surface area is 148 Å². The van der Waals surface area contributed by atoms with E-state index in [0.717, 1.165) is 5.75 Å².